The first-order chi connectivity index (χ1) is 13.3. The number of esters is 1. The van der Waals surface area contributed by atoms with Gasteiger partial charge in [-0.2, -0.15) is 0 Å². The van der Waals surface area contributed by atoms with Gasteiger partial charge in [0, 0.05) is 29.4 Å². The summed E-state index contributed by atoms with van der Waals surface area (Å²) in [4.78, 5) is 37.7. The number of amides is 2. The Balaban J connectivity index is 1.52. The van der Waals surface area contributed by atoms with Gasteiger partial charge in [0.2, 0.25) is 5.91 Å². The third-order valence-electron chi connectivity index (χ3n) is 4.40. The van der Waals surface area contributed by atoms with Crippen LogP contribution < -0.4 is 10.2 Å². The maximum Gasteiger partial charge on any atom is 0.311 e. The molecule has 1 heterocycles. The fraction of sp³-hybridized carbons (Fsp3) is 0.250. The zero-order valence-electron chi connectivity index (χ0n) is 15.1. The quantitative estimate of drug-likeness (QED) is 0.776. The van der Waals surface area contributed by atoms with Crippen molar-refractivity contribution < 1.29 is 23.5 Å². The lowest BCUT2D eigenvalue weighted by atomic mass is 10.1. The molecule has 8 heteroatoms. The number of halogens is 2. The molecule has 28 heavy (non-hydrogen) atoms. The van der Waals surface area contributed by atoms with Gasteiger partial charge in [0.15, 0.2) is 6.61 Å². The van der Waals surface area contributed by atoms with Crippen LogP contribution in [0.3, 0.4) is 0 Å². The molecular formula is C20H18ClFN2O4. The Hall–Kier alpha value is -2.93. The largest absolute Gasteiger partial charge is 0.455 e. The Labute approximate surface area is 166 Å². The molecule has 0 unspecified atom stereocenters. The fourth-order valence-corrected chi connectivity index (χ4v) is 3.04. The van der Waals surface area contributed by atoms with Crippen molar-refractivity contribution in [1.82, 2.24) is 0 Å². The topological polar surface area (TPSA) is 75.7 Å². The molecule has 0 saturated carbocycles. The molecule has 0 aliphatic carbocycles. The van der Waals surface area contributed by atoms with Gasteiger partial charge in [0.1, 0.15) is 5.82 Å². The van der Waals surface area contributed by atoms with Crippen LogP contribution in [0.15, 0.2) is 42.5 Å². The van der Waals surface area contributed by atoms with Gasteiger partial charge < -0.3 is 15.0 Å². The lowest BCUT2D eigenvalue weighted by Crippen LogP contribution is -2.28. The predicted octanol–water partition coefficient (Wildman–Crippen LogP) is 3.32. The SMILES string of the molecule is Cc1ccc(NC(=O)COC(=O)[C@H]2CC(=O)N(c3ccc(F)cc3)C2)cc1Cl. The number of aryl methyl sites for hydroxylation is 1. The van der Waals surface area contributed by atoms with E-state index in [2.05, 4.69) is 5.32 Å². The summed E-state index contributed by atoms with van der Waals surface area (Å²) in [6.07, 6.45) is -0.0224. The summed E-state index contributed by atoms with van der Waals surface area (Å²) < 4.78 is 18.1. The minimum absolute atomic E-state index is 0.0224. The third kappa shape index (κ3) is 4.67. The van der Waals surface area contributed by atoms with Gasteiger partial charge in [-0.15, -0.1) is 0 Å². The predicted molar refractivity (Wildman–Crippen MR) is 103 cm³/mol. The molecule has 6 nitrogen and oxygen atoms in total. The van der Waals surface area contributed by atoms with E-state index in [1.165, 1.54) is 29.2 Å². The lowest BCUT2D eigenvalue weighted by Gasteiger charge is -2.16. The molecule has 1 aliphatic heterocycles. The summed E-state index contributed by atoms with van der Waals surface area (Å²) in [6.45, 7) is 1.50. The molecule has 0 aromatic heterocycles. The highest BCUT2D eigenvalue weighted by Crippen LogP contribution is 2.26. The van der Waals surface area contributed by atoms with Gasteiger partial charge in [0.25, 0.3) is 5.91 Å². The molecule has 1 N–H and O–H groups in total. The van der Waals surface area contributed by atoms with Crippen LogP contribution in [-0.2, 0) is 19.1 Å². The Morgan fingerprint density at radius 2 is 1.96 bits per heavy atom. The monoisotopic (exact) mass is 404 g/mol. The van der Waals surface area contributed by atoms with E-state index in [1.807, 2.05) is 6.92 Å². The van der Waals surface area contributed by atoms with Gasteiger partial charge in [-0.1, -0.05) is 17.7 Å². The van der Waals surface area contributed by atoms with Crippen LogP contribution in [-0.4, -0.2) is 30.9 Å². The van der Waals surface area contributed by atoms with E-state index in [-0.39, 0.29) is 18.9 Å². The van der Waals surface area contributed by atoms with Crippen molar-refractivity contribution in [2.45, 2.75) is 13.3 Å². The zero-order valence-corrected chi connectivity index (χ0v) is 15.8. The molecule has 2 aromatic rings. The van der Waals surface area contributed by atoms with Crippen LogP contribution in [0.2, 0.25) is 5.02 Å². The molecule has 2 aromatic carbocycles. The normalized spacial score (nSPS) is 16.2. The molecule has 0 bridgehead atoms. The number of carbonyl (C=O) groups excluding carboxylic acids is 3. The van der Waals surface area contributed by atoms with Crippen molar-refractivity contribution in [3.05, 3.63) is 58.9 Å². The van der Waals surface area contributed by atoms with Crippen molar-refractivity contribution in [3.8, 4) is 0 Å². The average molecular weight is 405 g/mol. The summed E-state index contributed by atoms with van der Waals surface area (Å²) in [5, 5.41) is 3.11. The summed E-state index contributed by atoms with van der Waals surface area (Å²) >= 11 is 6.00. The number of anilines is 2. The van der Waals surface area contributed by atoms with E-state index >= 15 is 0 Å². The molecule has 1 aliphatic rings. The molecule has 1 saturated heterocycles. The number of ether oxygens (including phenoxy) is 1. The van der Waals surface area contributed by atoms with E-state index in [1.54, 1.807) is 18.2 Å². The van der Waals surface area contributed by atoms with E-state index in [0.29, 0.717) is 16.4 Å². The molecular weight excluding hydrogens is 387 g/mol. The highest BCUT2D eigenvalue weighted by Gasteiger charge is 2.36. The van der Waals surface area contributed by atoms with Gasteiger partial charge in [0.05, 0.1) is 5.92 Å². The minimum Gasteiger partial charge on any atom is -0.455 e. The van der Waals surface area contributed by atoms with E-state index in [4.69, 9.17) is 16.3 Å². The van der Waals surface area contributed by atoms with E-state index in [0.717, 1.165) is 5.56 Å². The van der Waals surface area contributed by atoms with Crippen LogP contribution in [0.4, 0.5) is 15.8 Å². The van der Waals surface area contributed by atoms with Crippen molar-refractivity contribution in [3.63, 3.8) is 0 Å². The highest BCUT2D eigenvalue weighted by atomic mass is 35.5. The first-order valence-electron chi connectivity index (χ1n) is 8.62. The van der Waals surface area contributed by atoms with Crippen LogP contribution in [0.1, 0.15) is 12.0 Å². The summed E-state index contributed by atoms with van der Waals surface area (Å²) in [5.74, 6) is -2.48. The molecule has 0 spiro atoms. The zero-order chi connectivity index (χ0) is 20.3. The standard InChI is InChI=1S/C20H18ClFN2O4/c1-12-2-5-15(9-17(12)21)23-18(25)11-28-20(27)13-8-19(26)24(10-13)16-6-3-14(22)4-7-16/h2-7,9,13H,8,10-11H2,1H3,(H,23,25)/t13-/m0/s1. The second-order valence-electron chi connectivity index (χ2n) is 6.50. The van der Waals surface area contributed by atoms with Gasteiger partial charge in [-0.3, -0.25) is 14.4 Å². The smallest absolute Gasteiger partial charge is 0.311 e. The number of hydrogen-bond acceptors (Lipinski definition) is 4. The maximum absolute atomic E-state index is 13.0. The van der Waals surface area contributed by atoms with Gasteiger partial charge in [-0.25, -0.2) is 4.39 Å². The molecule has 2 amide bonds. The number of rotatable bonds is 5. The average Bonchev–Trinajstić information content (AvgIpc) is 3.05. The highest BCUT2D eigenvalue weighted by molar-refractivity contribution is 6.31. The third-order valence-corrected chi connectivity index (χ3v) is 4.80. The van der Waals surface area contributed by atoms with Crippen LogP contribution >= 0.6 is 11.6 Å². The fourth-order valence-electron chi connectivity index (χ4n) is 2.86. The van der Waals surface area contributed by atoms with E-state index < -0.39 is 30.2 Å². The lowest BCUT2D eigenvalue weighted by molar-refractivity contribution is -0.151. The molecule has 0 radical (unpaired) electrons. The van der Waals surface area contributed by atoms with Gasteiger partial charge >= 0.3 is 5.97 Å². The van der Waals surface area contributed by atoms with Crippen molar-refractivity contribution in [2.24, 2.45) is 5.92 Å². The van der Waals surface area contributed by atoms with Crippen molar-refractivity contribution in [2.75, 3.05) is 23.4 Å². The van der Waals surface area contributed by atoms with Gasteiger partial charge in [-0.05, 0) is 48.9 Å². The number of carbonyl (C=O) groups is 3. The first-order valence-corrected chi connectivity index (χ1v) is 9.00. The second kappa shape index (κ2) is 8.39. The molecule has 3 rings (SSSR count). The Morgan fingerprint density at radius 1 is 1.25 bits per heavy atom. The molecule has 1 atom stereocenters. The maximum atomic E-state index is 13.0. The molecule has 1 fully saturated rings. The number of nitrogens with zero attached hydrogens (tertiary/aromatic N) is 1. The summed E-state index contributed by atoms with van der Waals surface area (Å²) in [6, 6.07) is 10.5. The Morgan fingerprint density at radius 3 is 2.64 bits per heavy atom. The Kier molecular flexibility index (Phi) is 5.94. The minimum atomic E-state index is -0.681. The second-order valence-corrected chi connectivity index (χ2v) is 6.91. The number of nitrogens with one attached hydrogen (secondary N) is 1. The first kappa shape index (κ1) is 19.8. The van der Waals surface area contributed by atoms with Crippen LogP contribution in [0, 0.1) is 18.7 Å². The van der Waals surface area contributed by atoms with Crippen LogP contribution in [0.25, 0.3) is 0 Å². The van der Waals surface area contributed by atoms with Crippen molar-refractivity contribution >= 4 is 40.8 Å². The summed E-state index contributed by atoms with van der Waals surface area (Å²) in [7, 11) is 0. The van der Waals surface area contributed by atoms with Crippen molar-refractivity contribution in [1.29, 1.82) is 0 Å². The van der Waals surface area contributed by atoms with Crippen LogP contribution in [0.5, 0.6) is 0 Å². The van der Waals surface area contributed by atoms with E-state index in [9.17, 15) is 18.8 Å². The summed E-state index contributed by atoms with van der Waals surface area (Å²) in [5.41, 5.74) is 1.88. The number of hydrogen-bond donors (Lipinski definition) is 1. The number of benzene rings is 2. The Bertz CT molecular complexity index is 917. The molecule has 146 valence electrons.